The van der Waals surface area contributed by atoms with Crippen molar-refractivity contribution >= 4 is 5.97 Å². The number of rotatable bonds is 7. The van der Waals surface area contributed by atoms with E-state index in [1.165, 1.54) is 0 Å². The highest BCUT2D eigenvalue weighted by Crippen LogP contribution is 2.20. The van der Waals surface area contributed by atoms with Gasteiger partial charge in [-0.15, -0.1) is 0 Å². The van der Waals surface area contributed by atoms with Gasteiger partial charge < -0.3 is 14.0 Å². The van der Waals surface area contributed by atoms with Crippen LogP contribution in [0.3, 0.4) is 0 Å². The molecule has 2 rings (SSSR count). The van der Waals surface area contributed by atoms with Crippen LogP contribution in [0, 0.1) is 0 Å². The van der Waals surface area contributed by atoms with Crippen molar-refractivity contribution in [3.63, 3.8) is 0 Å². The van der Waals surface area contributed by atoms with E-state index < -0.39 is 0 Å². The van der Waals surface area contributed by atoms with E-state index in [2.05, 4.69) is 21.1 Å². The molecular formula is C19H24NO3+. The summed E-state index contributed by atoms with van der Waals surface area (Å²) in [6.07, 6.45) is 0. The molecule has 0 radical (unpaired) electrons. The summed E-state index contributed by atoms with van der Waals surface area (Å²) in [4.78, 5) is 12.3. The fraction of sp³-hybridized carbons (Fsp3) is 0.316. The Bertz CT molecular complexity index is 633. The Balaban J connectivity index is 1.98. The van der Waals surface area contributed by atoms with Crippen LogP contribution in [-0.2, 0) is 11.3 Å². The lowest BCUT2D eigenvalue weighted by atomic mass is 10.2. The smallest absolute Gasteiger partial charge is 0.342 e. The fourth-order valence-corrected chi connectivity index (χ4v) is 1.99. The van der Waals surface area contributed by atoms with Crippen LogP contribution in [0.15, 0.2) is 54.6 Å². The van der Waals surface area contributed by atoms with Gasteiger partial charge in [-0.25, -0.2) is 4.79 Å². The highest BCUT2D eigenvalue weighted by Gasteiger charge is 2.15. The van der Waals surface area contributed by atoms with Crippen molar-refractivity contribution in [2.75, 3.05) is 34.3 Å². The van der Waals surface area contributed by atoms with Crippen LogP contribution in [0.4, 0.5) is 0 Å². The van der Waals surface area contributed by atoms with Crippen molar-refractivity contribution in [1.82, 2.24) is 0 Å². The van der Waals surface area contributed by atoms with Gasteiger partial charge in [-0.1, -0.05) is 42.5 Å². The average Bonchev–Trinajstić information content (AvgIpc) is 2.53. The van der Waals surface area contributed by atoms with Gasteiger partial charge in [0.05, 0.1) is 21.1 Å². The van der Waals surface area contributed by atoms with E-state index in [0.717, 1.165) is 16.6 Å². The highest BCUT2D eigenvalue weighted by atomic mass is 16.5. The fourth-order valence-electron chi connectivity index (χ4n) is 1.99. The first-order chi connectivity index (χ1) is 11.0. The van der Waals surface area contributed by atoms with Crippen molar-refractivity contribution < 1.29 is 18.8 Å². The summed E-state index contributed by atoms with van der Waals surface area (Å²) in [5.74, 6) is 0.203. The molecule has 0 saturated carbocycles. The summed E-state index contributed by atoms with van der Waals surface area (Å²) in [6.45, 7) is 1.57. The molecule has 0 fully saturated rings. The maximum Gasteiger partial charge on any atom is 0.342 e. The molecule has 0 amide bonds. The molecule has 0 bridgehead atoms. The van der Waals surface area contributed by atoms with E-state index in [0.29, 0.717) is 24.5 Å². The number of carbonyl (C=O) groups excluding carboxylic acids is 1. The Morgan fingerprint density at radius 3 is 2.30 bits per heavy atom. The van der Waals surface area contributed by atoms with Gasteiger partial charge in [-0.05, 0) is 17.7 Å². The minimum atomic E-state index is -0.345. The molecule has 0 aliphatic carbocycles. The summed E-state index contributed by atoms with van der Waals surface area (Å²) in [5.41, 5.74) is 1.52. The normalized spacial score (nSPS) is 11.1. The van der Waals surface area contributed by atoms with Crippen LogP contribution in [0.1, 0.15) is 15.9 Å². The number of para-hydroxylation sites is 1. The number of hydrogen-bond acceptors (Lipinski definition) is 3. The Hall–Kier alpha value is -2.33. The van der Waals surface area contributed by atoms with Gasteiger partial charge in [0.15, 0.2) is 0 Å². The summed E-state index contributed by atoms with van der Waals surface area (Å²) >= 11 is 0. The van der Waals surface area contributed by atoms with E-state index in [1.807, 2.05) is 42.5 Å². The predicted octanol–water partition coefficient (Wildman–Crippen LogP) is 3.13. The predicted molar refractivity (Wildman–Crippen MR) is 90.4 cm³/mol. The number of esters is 1. The summed E-state index contributed by atoms with van der Waals surface area (Å²) in [6, 6.07) is 17.0. The standard InChI is InChI=1S/C19H24NO3/c1-20(2,3)13-14-22-19(21)17-11-7-8-12-18(17)23-15-16-9-5-4-6-10-16/h4-12H,13-15H2,1-3H3/q+1. The van der Waals surface area contributed by atoms with Crippen molar-refractivity contribution in [2.45, 2.75) is 6.61 Å². The van der Waals surface area contributed by atoms with Gasteiger partial charge >= 0.3 is 5.97 Å². The zero-order chi connectivity index (χ0) is 16.7. The summed E-state index contributed by atoms with van der Waals surface area (Å²) in [7, 11) is 6.18. The molecule has 2 aromatic carbocycles. The molecule has 4 nitrogen and oxygen atoms in total. The second-order valence-corrected chi connectivity index (χ2v) is 6.42. The number of ether oxygens (including phenoxy) is 2. The summed E-state index contributed by atoms with van der Waals surface area (Å²) < 4.78 is 11.9. The monoisotopic (exact) mass is 314 g/mol. The molecule has 0 unspecified atom stereocenters. The highest BCUT2D eigenvalue weighted by molar-refractivity contribution is 5.92. The molecule has 0 aliphatic rings. The minimum absolute atomic E-state index is 0.345. The van der Waals surface area contributed by atoms with Crippen molar-refractivity contribution in [3.05, 3.63) is 65.7 Å². The van der Waals surface area contributed by atoms with Gasteiger partial charge in [-0.2, -0.15) is 0 Å². The first kappa shape index (κ1) is 17.0. The summed E-state index contributed by atoms with van der Waals surface area (Å²) in [5, 5.41) is 0. The molecule has 2 aromatic rings. The third-order valence-corrected chi connectivity index (χ3v) is 3.34. The molecule has 0 spiro atoms. The number of quaternary nitrogens is 1. The molecule has 0 aliphatic heterocycles. The molecule has 23 heavy (non-hydrogen) atoms. The second kappa shape index (κ2) is 7.79. The molecular weight excluding hydrogens is 290 g/mol. The number of benzene rings is 2. The maximum atomic E-state index is 12.3. The largest absolute Gasteiger partial charge is 0.488 e. The molecule has 0 atom stereocenters. The van der Waals surface area contributed by atoms with Gasteiger partial charge in [0.1, 0.15) is 31.1 Å². The number of hydrogen-bond donors (Lipinski definition) is 0. The lowest BCUT2D eigenvalue weighted by Crippen LogP contribution is -2.38. The molecule has 0 N–H and O–H groups in total. The van der Waals surface area contributed by atoms with Gasteiger partial charge in [-0.3, -0.25) is 0 Å². The van der Waals surface area contributed by atoms with Gasteiger partial charge in [0.25, 0.3) is 0 Å². The van der Waals surface area contributed by atoms with Gasteiger partial charge in [0, 0.05) is 0 Å². The molecule has 0 saturated heterocycles. The van der Waals surface area contributed by atoms with E-state index >= 15 is 0 Å². The SMILES string of the molecule is C[N+](C)(C)CCOC(=O)c1ccccc1OCc1ccccc1. The van der Waals surface area contributed by atoms with E-state index in [-0.39, 0.29) is 5.97 Å². The van der Waals surface area contributed by atoms with Crippen LogP contribution in [0.5, 0.6) is 5.75 Å². The van der Waals surface area contributed by atoms with Crippen LogP contribution < -0.4 is 4.74 Å². The zero-order valence-electron chi connectivity index (χ0n) is 14.0. The number of likely N-dealkylation sites (N-methyl/N-ethyl adjacent to an activating group) is 1. The molecule has 4 heteroatoms. The Morgan fingerprint density at radius 1 is 0.957 bits per heavy atom. The Labute approximate surface area is 137 Å². The van der Waals surface area contributed by atoms with Crippen molar-refractivity contribution in [1.29, 1.82) is 0 Å². The number of carbonyl (C=O) groups is 1. The first-order valence-electron chi connectivity index (χ1n) is 7.69. The number of nitrogens with zero attached hydrogens (tertiary/aromatic N) is 1. The van der Waals surface area contributed by atoms with Crippen molar-refractivity contribution in [3.8, 4) is 5.75 Å². The Kier molecular flexibility index (Phi) is 5.77. The Morgan fingerprint density at radius 2 is 1.61 bits per heavy atom. The molecule has 122 valence electrons. The van der Waals surface area contributed by atoms with Gasteiger partial charge in [0.2, 0.25) is 0 Å². The van der Waals surface area contributed by atoms with Crippen LogP contribution in [0.2, 0.25) is 0 Å². The van der Waals surface area contributed by atoms with Crippen LogP contribution in [-0.4, -0.2) is 44.7 Å². The average molecular weight is 314 g/mol. The van der Waals surface area contributed by atoms with E-state index in [1.54, 1.807) is 12.1 Å². The lowest BCUT2D eigenvalue weighted by molar-refractivity contribution is -0.870. The van der Waals surface area contributed by atoms with Crippen LogP contribution in [0.25, 0.3) is 0 Å². The first-order valence-corrected chi connectivity index (χ1v) is 7.69. The zero-order valence-corrected chi connectivity index (χ0v) is 14.0. The third kappa shape index (κ3) is 5.75. The quantitative estimate of drug-likeness (QED) is 0.582. The maximum absolute atomic E-state index is 12.3. The second-order valence-electron chi connectivity index (χ2n) is 6.42. The third-order valence-electron chi connectivity index (χ3n) is 3.34. The van der Waals surface area contributed by atoms with E-state index in [9.17, 15) is 4.79 Å². The van der Waals surface area contributed by atoms with Crippen LogP contribution >= 0.6 is 0 Å². The molecule has 0 aromatic heterocycles. The topological polar surface area (TPSA) is 35.5 Å². The van der Waals surface area contributed by atoms with E-state index in [4.69, 9.17) is 9.47 Å². The minimum Gasteiger partial charge on any atom is -0.488 e. The van der Waals surface area contributed by atoms with Crippen molar-refractivity contribution in [2.24, 2.45) is 0 Å². The lowest BCUT2D eigenvalue weighted by Gasteiger charge is -2.23. The molecule has 0 heterocycles.